The van der Waals surface area contributed by atoms with Crippen LogP contribution in [0.5, 0.6) is 17.2 Å². The van der Waals surface area contributed by atoms with Gasteiger partial charge >= 0.3 is 6.09 Å². The first-order chi connectivity index (χ1) is 23.9. The number of methoxy groups -OCH3 is 1. The number of phenols is 2. The number of hydrogen-bond donors (Lipinski definition) is 6. The van der Waals surface area contributed by atoms with Crippen LogP contribution in [0.4, 0.5) is 4.79 Å². The molecule has 2 aromatic carbocycles. The Hall–Kier alpha value is -4.34. The number of ketones is 3. The molecule has 0 saturated carbocycles. The van der Waals surface area contributed by atoms with Gasteiger partial charge in [-0.25, -0.2) is 4.79 Å². The summed E-state index contributed by atoms with van der Waals surface area (Å²) in [6.45, 7) is 0.487. The summed E-state index contributed by atoms with van der Waals surface area (Å²) < 4.78 is 23.0. The second-order valence-corrected chi connectivity index (χ2v) is 13.3. The minimum absolute atomic E-state index is 0.0737. The predicted molar refractivity (Wildman–Crippen MR) is 173 cm³/mol. The summed E-state index contributed by atoms with van der Waals surface area (Å²) in [6, 6.07) is 3.41. The number of alkyl carbamates (subject to hydrolysis) is 1. The highest BCUT2D eigenvalue weighted by Crippen LogP contribution is 2.52. The van der Waals surface area contributed by atoms with E-state index in [2.05, 4.69) is 5.32 Å². The molecule has 4 aliphatic rings. The van der Waals surface area contributed by atoms with Gasteiger partial charge in [-0.3, -0.25) is 14.4 Å². The van der Waals surface area contributed by atoms with Crippen molar-refractivity contribution in [1.29, 1.82) is 0 Å². The van der Waals surface area contributed by atoms with Crippen LogP contribution >= 0.6 is 0 Å². The molecular formula is C36H41NO13. The standard InChI is InChI=1S/C36H41NO13/c1-17-30(40)21(37-35(45)49-18-9-6-4-3-5-7-10-18)13-25(48-17)50-23-15-36(46,24(39)16-38)14-20-27(23)34(44)29-28(32(20)42)31(41)19-11-8-12-22(47-2)26(19)33(29)43/h6,8-9,11-12,17-18,21,23,25,30,38,40,42,44,46H,3-5,7,10,13-16H2,1-2H3,(H,37,45)/t17?,18?,21-,23?,25+,30-,36?/m1/s1. The van der Waals surface area contributed by atoms with E-state index in [1.165, 1.54) is 25.3 Å². The molecule has 50 heavy (non-hydrogen) atoms. The molecule has 0 bridgehead atoms. The van der Waals surface area contributed by atoms with Crippen molar-refractivity contribution in [3.63, 3.8) is 0 Å². The molecule has 1 aliphatic heterocycles. The molecule has 2 aromatic rings. The Balaban J connectivity index is 1.33. The summed E-state index contributed by atoms with van der Waals surface area (Å²) in [4.78, 5) is 53.4. The Bertz CT molecular complexity index is 1740. The van der Waals surface area contributed by atoms with Gasteiger partial charge in [0.2, 0.25) is 5.78 Å². The van der Waals surface area contributed by atoms with Crippen molar-refractivity contribution in [2.24, 2.45) is 0 Å². The third kappa shape index (κ3) is 6.37. The summed E-state index contributed by atoms with van der Waals surface area (Å²) in [5, 5.41) is 58.1. The molecule has 268 valence electrons. The second kappa shape index (κ2) is 14.1. The van der Waals surface area contributed by atoms with Gasteiger partial charge in [0.25, 0.3) is 0 Å². The lowest BCUT2D eigenvalue weighted by Gasteiger charge is -2.42. The number of aromatic hydroxyl groups is 2. The number of aliphatic hydroxyl groups excluding tert-OH is 2. The van der Waals surface area contributed by atoms with Crippen LogP contribution in [0.3, 0.4) is 0 Å². The predicted octanol–water partition coefficient (Wildman–Crippen LogP) is 2.66. The number of phenolic OH excluding ortho intramolecular Hbond substituents is 2. The third-order valence-electron chi connectivity index (χ3n) is 10.0. The number of carbonyl (C=O) groups is 4. The van der Waals surface area contributed by atoms with Crippen LogP contribution in [0.2, 0.25) is 0 Å². The lowest BCUT2D eigenvalue weighted by atomic mass is 9.72. The number of ether oxygens (including phenoxy) is 4. The maximum Gasteiger partial charge on any atom is 0.408 e. The second-order valence-electron chi connectivity index (χ2n) is 13.3. The van der Waals surface area contributed by atoms with Crippen LogP contribution in [0, 0.1) is 0 Å². The van der Waals surface area contributed by atoms with Crippen molar-refractivity contribution >= 4 is 23.4 Å². The van der Waals surface area contributed by atoms with E-state index in [0.29, 0.717) is 6.42 Å². The highest BCUT2D eigenvalue weighted by molar-refractivity contribution is 6.31. The van der Waals surface area contributed by atoms with E-state index < -0.39 is 108 Å². The minimum atomic E-state index is -2.32. The van der Waals surface area contributed by atoms with Crippen molar-refractivity contribution in [3.05, 3.63) is 63.7 Å². The van der Waals surface area contributed by atoms with Crippen LogP contribution in [0.25, 0.3) is 0 Å². The van der Waals surface area contributed by atoms with Crippen LogP contribution in [0.15, 0.2) is 30.4 Å². The zero-order valence-electron chi connectivity index (χ0n) is 27.7. The van der Waals surface area contributed by atoms with Gasteiger partial charge in [-0.1, -0.05) is 24.6 Å². The molecule has 0 aromatic heterocycles. The van der Waals surface area contributed by atoms with Crippen molar-refractivity contribution < 1.29 is 63.7 Å². The molecule has 1 fully saturated rings. The van der Waals surface area contributed by atoms with E-state index in [1.807, 2.05) is 12.2 Å². The first-order valence-corrected chi connectivity index (χ1v) is 16.7. The average Bonchev–Trinajstić information content (AvgIpc) is 3.07. The molecule has 1 heterocycles. The highest BCUT2D eigenvalue weighted by Gasteiger charge is 2.50. The molecular weight excluding hydrogens is 654 g/mol. The Morgan fingerprint density at radius 3 is 2.56 bits per heavy atom. The molecule has 7 atom stereocenters. The Kier molecular flexibility index (Phi) is 10.0. The van der Waals surface area contributed by atoms with E-state index in [9.17, 15) is 44.7 Å². The topological polar surface area (TPSA) is 218 Å². The zero-order chi connectivity index (χ0) is 35.9. The van der Waals surface area contributed by atoms with Crippen LogP contribution in [0.1, 0.15) is 101 Å². The lowest BCUT2D eigenvalue weighted by molar-refractivity contribution is -0.249. The zero-order valence-corrected chi connectivity index (χ0v) is 27.7. The van der Waals surface area contributed by atoms with Gasteiger partial charge in [0.1, 0.15) is 41.7 Å². The number of benzene rings is 2. The molecule has 6 rings (SSSR count). The quantitative estimate of drug-likeness (QED) is 0.155. The largest absolute Gasteiger partial charge is 0.507 e. The normalized spacial score (nSPS) is 29.1. The third-order valence-corrected chi connectivity index (χ3v) is 10.0. The summed E-state index contributed by atoms with van der Waals surface area (Å²) in [5.74, 6) is -3.98. The Labute approximate surface area is 287 Å². The number of fused-ring (bicyclic) bond motifs is 3. The fraction of sp³-hybridized carbons (Fsp3) is 0.500. The van der Waals surface area contributed by atoms with E-state index in [0.717, 1.165) is 25.7 Å². The van der Waals surface area contributed by atoms with Crippen LogP contribution < -0.4 is 10.1 Å². The number of allylic oxidation sites excluding steroid dienone is 1. The van der Waals surface area contributed by atoms with E-state index >= 15 is 0 Å². The maximum atomic E-state index is 13.9. The van der Waals surface area contributed by atoms with Crippen molar-refractivity contribution in [3.8, 4) is 17.2 Å². The summed E-state index contributed by atoms with van der Waals surface area (Å²) in [5.41, 5.74) is -3.93. The number of rotatable bonds is 7. The average molecular weight is 696 g/mol. The minimum Gasteiger partial charge on any atom is -0.507 e. The van der Waals surface area contributed by atoms with Crippen molar-refractivity contribution in [2.45, 2.75) is 101 Å². The summed E-state index contributed by atoms with van der Waals surface area (Å²) in [6.07, 6.45) is 1.13. The van der Waals surface area contributed by atoms with Crippen molar-refractivity contribution in [1.82, 2.24) is 5.32 Å². The lowest BCUT2D eigenvalue weighted by Crippen LogP contribution is -2.56. The molecule has 4 unspecified atom stereocenters. The van der Waals surface area contributed by atoms with Crippen LogP contribution in [-0.2, 0) is 25.4 Å². The maximum absolute atomic E-state index is 13.9. The Morgan fingerprint density at radius 2 is 1.82 bits per heavy atom. The first-order valence-electron chi connectivity index (χ1n) is 16.7. The number of amides is 1. The monoisotopic (exact) mass is 695 g/mol. The smallest absolute Gasteiger partial charge is 0.408 e. The Morgan fingerprint density at radius 1 is 1.06 bits per heavy atom. The molecule has 14 nitrogen and oxygen atoms in total. The molecule has 14 heteroatoms. The molecule has 1 saturated heterocycles. The number of aliphatic hydroxyl groups is 3. The SMILES string of the molecule is COc1cccc2c1C(=O)c1c(O)c3c(c(O)c1C2=O)CC(O)(C(=O)CO)CC3O[C@H]1C[C@@H](NC(=O)OC2C=CCCCCC2)[C@H](O)C(C)O1. The molecule has 1 amide bonds. The van der Waals surface area contributed by atoms with Crippen LogP contribution in [-0.4, -0.2) is 98.9 Å². The first kappa shape index (κ1) is 35.5. The van der Waals surface area contributed by atoms with Gasteiger partial charge in [0.15, 0.2) is 17.9 Å². The van der Waals surface area contributed by atoms with E-state index in [4.69, 9.17) is 18.9 Å². The number of carbonyl (C=O) groups excluding carboxylic acids is 4. The van der Waals surface area contributed by atoms with Gasteiger partial charge in [0, 0.05) is 36.0 Å². The van der Waals surface area contributed by atoms with E-state index in [1.54, 1.807) is 6.92 Å². The molecule has 6 N–H and O–H groups in total. The fourth-order valence-corrected chi connectivity index (χ4v) is 7.41. The molecule has 0 spiro atoms. The van der Waals surface area contributed by atoms with E-state index in [-0.39, 0.29) is 34.4 Å². The van der Waals surface area contributed by atoms with Gasteiger partial charge in [-0.2, -0.15) is 0 Å². The fourth-order valence-electron chi connectivity index (χ4n) is 7.41. The summed E-state index contributed by atoms with van der Waals surface area (Å²) >= 11 is 0. The number of hydrogen-bond acceptors (Lipinski definition) is 13. The highest BCUT2D eigenvalue weighted by atomic mass is 16.7. The van der Waals surface area contributed by atoms with Gasteiger partial charge in [-0.15, -0.1) is 0 Å². The number of Topliss-reactive ketones (excluding diaryl/α,β-unsaturated/α-hetero) is 1. The molecule has 0 radical (unpaired) electrons. The van der Waals surface area contributed by atoms with Gasteiger partial charge in [0.05, 0.1) is 42.0 Å². The summed E-state index contributed by atoms with van der Waals surface area (Å²) in [7, 11) is 1.31. The van der Waals surface area contributed by atoms with Gasteiger partial charge < -0.3 is 49.8 Å². The van der Waals surface area contributed by atoms with Gasteiger partial charge in [-0.05, 0) is 44.7 Å². The van der Waals surface area contributed by atoms with Crippen molar-refractivity contribution in [2.75, 3.05) is 13.7 Å². The molecule has 3 aliphatic carbocycles. The number of nitrogens with one attached hydrogen (secondary N) is 1.